The Hall–Kier alpha value is -2.00. The Morgan fingerprint density at radius 3 is 2.04 bits per heavy atom. The van der Waals surface area contributed by atoms with E-state index in [0.717, 1.165) is 15.9 Å². The largest absolute Gasteiger partial charge is 0.237 e. The van der Waals surface area contributed by atoms with Gasteiger partial charge in [-0.25, -0.2) is 9.97 Å². The highest BCUT2D eigenvalue weighted by molar-refractivity contribution is 9.10. The summed E-state index contributed by atoms with van der Waals surface area (Å²) in [5, 5.41) is 0. The molecular formula is C20H19BrN2. The van der Waals surface area contributed by atoms with Crippen molar-refractivity contribution in [2.24, 2.45) is 0 Å². The summed E-state index contributed by atoms with van der Waals surface area (Å²) in [6.45, 7) is 6.67. The van der Waals surface area contributed by atoms with Crippen LogP contribution in [-0.4, -0.2) is 9.97 Å². The third kappa shape index (κ3) is 3.35. The number of benzene rings is 2. The van der Waals surface area contributed by atoms with E-state index in [1.54, 1.807) is 12.4 Å². The molecule has 0 aliphatic rings. The molecule has 0 unspecified atom stereocenters. The normalized spacial score (nSPS) is 11.5. The van der Waals surface area contributed by atoms with Gasteiger partial charge >= 0.3 is 0 Å². The summed E-state index contributed by atoms with van der Waals surface area (Å²) < 4.78 is 1.03. The van der Waals surface area contributed by atoms with Crippen LogP contribution in [0, 0.1) is 0 Å². The second-order valence-electron chi connectivity index (χ2n) is 6.57. The number of aromatic nitrogens is 2. The van der Waals surface area contributed by atoms with Crippen molar-refractivity contribution in [1.29, 1.82) is 0 Å². The van der Waals surface area contributed by atoms with Crippen LogP contribution in [0.3, 0.4) is 0 Å². The fourth-order valence-corrected chi connectivity index (χ4v) is 3.12. The van der Waals surface area contributed by atoms with Crippen molar-refractivity contribution in [2.45, 2.75) is 26.2 Å². The Bertz CT molecular complexity index is 746. The van der Waals surface area contributed by atoms with Gasteiger partial charge in [0.1, 0.15) is 0 Å². The molecule has 116 valence electrons. The quantitative estimate of drug-likeness (QED) is 0.566. The first kappa shape index (κ1) is 15.9. The monoisotopic (exact) mass is 366 g/mol. The summed E-state index contributed by atoms with van der Waals surface area (Å²) >= 11 is 3.78. The lowest BCUT2D eigenvalue weighted by Crippen LogP contribution is -2.12. The predicted molar refractivity (Wildman–Crippen MR) is 99.3 cm³/mol. The van der Waals surface area contributed by atoms with Crippen LogP contribution in [0.4, 0.5) is 0 Å². The molecular weight excluding hydrogens is 348 g/mol. The second kappa shape index (κ2) is 6.25. The van der Waals surface area contributed by atoms with E-state index < -0.39 is 0 Å². The molecule has 3 aromatic rings. The molecule has 0 radical (unpaired) electrons. The highest BCUT2D eigenvalue weighted by atomic mass is 79.9. The van der Waals surface area contributed by atoms with E-state index in [1.165, 1.54) is 16.7 Å². The molecule has 3 heteroatoms. The topological polar surface area (TPSA) is 25.8 Å². The van der Waals surface area contributed by atoms with Crippen molar-refractivity contribution in [3.8, 4) is 22.5 Å². The predicted octanol–water partition coefficient (Wildman–Crippen LogP) is 5.87. The molecule has 0 saturated heterocycles. The zero-order valence-corrected chi connectivity index (χ0v) is 15.1. The molecule has 23 heavy (non-hydrogen) atoms. The van der Waals surface area contributed by atoms with E-state index >= 15 is 0 Å². The molecule has 0 spiro atoms. The van der Waals surface area contributed by atoms with Gasteiger partial charge in [-0.2, -0.15) is 0 Å². The zero-order chi connectivity index (χ0) is 16.4. The smallest absolute Gasteiger partial charge is 0.160 e. The molecule has 3 rings (SSSR count). The Kier molecular flexibility index (Phi) is 4.31. The van der Waals surface area contributed by atoms with Crippen molar-refractivity contribution < 1.29 is 0 Å². The van der Waals surface area contributed by atoms with Crippen LogP contribution < -0.4 is 0 Å². The van der Waals surface area contributed by atoms with Crippen molar-refractivity contribution in [3.63, 3.8) is 0 Å². The lowest BCUT2D eigenvalue weighted by molar-refractivity contribution is 0.590. The lowest BCUT2D eigenvalue weighted by Gasteiger charge is -2.22. The molecule has 1 heterocycles. The van der Waals surface area contributed by atoms with E-state index in [0.29, 0.717) is 0 Å². The third-order valence-corrected chi connectivity index (χ3v) is 4.68. The van der Waals surface area contributed by atoms with Crippen LogP contribution >= 0.6 is 15.9 Å². The molecule has 0 atom stereocenters. The number of nitrogens with zero attached hydrogens (tertiary/aromatic N) is 2. The van der Waals surface area contributed by atoms with Crippen LogP contribution in [0.1, 0.15) is 26.3 Å². The molecule has 1 aromatic heterocycles. The maximum Gasteiger partial charge on any atom is 0.160 e. The Morgan fingerprint density at radius 1 is 0.826 bits per heavy atom. The first-order chi connectivity index (χ1) is 11.0. The van der Waals surface area contributed by atoms with Gasteiger partial charge in [0.2, 0.25) is 0 Å². The highest BCUT2D eigenvalue weighted by Gasteiger charge is 2.20. The van der Waals surface area contributed by atoms with Crippen LogP contribution in [0.25, 0.3) is 22.5 Å². The Labute approximate surface area is 145 Å². The van der Waals surface area contributed by atoms with Crippen LogP contribution in [0.15, 0.2) is 65.4 Å². The van der Waals surface area contributed by atoms with Gasteiger partial charge in [0.05, 0.1) is 0 Å². The minimum absolute atomic E-state index is 0.0494. The number of hydrogen-bond donors (Lipinski definition) is 0. The van der Waals surface area contributed by atoms with E-state index in [-0.39, 0.29) is 5.41 Å². The average molecular weight is 367 g/mol. The SMILES string of the molecule is CC(C)(C)c1cc(-c2ccccc2)c(Br)c(-c2ncccn2)c1. The first-order valence-electron chi connectivity index (χ1n) is 7.63. The molecule has 0 amide bonds. The van der Waals surface area contributed by atoms with Gasteiger partial charge < -0.3 is 0 Å². The molecule has 0 bridgehead atoms. The summed E-state index contributed by atoms with van der Waals surface area (Å²) in [7, 11) is 0. The van der Waals surface area contributed by atoms with Gasteiger partial charge in [0, 0.05) is 22.4 Å². The van der Waals surface area contributed by atoms with E-state index in [1.807, 2.05) is 12.1 Å². The van der Waals surface area contributed by atoms with Crippen LogP contribution in [0.5, 0.6) is 0 Å². The van der Waals surface area contributed by atoms with Gasteiger partial charge in [0.25, 0.3) is 0 Å². The standard InChI is InChI=1S/C20H19BrN2/c1-20(2,3)15-12-16(14-8-5-4-6-9-14)18(21)17(13-15)19-22-10-7-11-23-19/h4-13H,1-3H3. The number of hydrogen-bond acceptors (Lipinski definition) is 2. The first-order valence-corrected chi connectivity index (χ1v) is 8.43. The minimum atomic E-state index is 0.0494. The van der Waals surface area contributed by atoms with Crippen molar-refractivity contribution in [2.75, 3.05) is 0 Å². The van der Waals surface area contributed by atoms with Crippen molar-refractivity contribution >= 4 is 15.9 Å². The Balaban J connectivity index is 2.28. The molecule has 0 aliphatic heterocycles. The second-order valence-corrected chi connectivity index (χ2v) is 7.37. The summed E-state index contributed by atoms with van der Waals surface area (Å²) in [4.78, 5) is 8.85. The maximum absolute atomic E-state index is 4.43. The van der Waals surface area contributed by atoms with Crippen molar-refractivity contribution in [1.82, 2.24) is 9.97 Å². The van der Waals surface area contributed by atoms with Gasteiger partial charge in [-0.05, 0) is 56.2 Å². The summed E-state index contributed by atoms with van der Waals surface area (Å²) in [6.07, 6.45) is 3.56. The van der Waals surface area contributed by atoms with Gasteiger partial charge in [-0.1, -0.05) is 51.1 Å². The maximum atomic E-state index is 4.43. The molecule has 2 nitrogen and oxygen atoms in total. The molecule has 0 saturated carbocycles. The van der Waals surface area contributed by atoms with Gasteiger partial charge in [0.15, 0.2) is 5.82 Å². The summed E-state index contributed by atoms with van der Waals surface area (Å²) in [5.41, 5.74) is 4.69. The fourth-order valence-electron chi connectivity index (χ4n) is 2.49. The number of rotatable bonds is 2. The van der Waals surface area contributed by atoms with Gasteiger partial charge in [-0.3, -0.25) is 0 Å². The van der Waals surface area contributed by atoms with Gasteiger partial charge in [-0.15, -0.1) is 0 Å². The number of halogens is 1. The highest BCUT2D eigenvalue weighted by Crippen LogP contribution is 2.39. The van der Waals surface area contributed by atoms with Crippen molar-refractivity contribution in [3.05, 3.63) is 71.0 Å². The van der Waals surface area contributed by atoms with E-state index in [2.05, 4.69) is 83.1 Å². The average Bonchev–Trinajstić information content (AvgIpc) is 2.55. The van der Waals surface area contributed by atoms with Crippen LogP contribution in [-0.2, 0) is 5.41 Å². The van der Waals surface area contributed by atoms with E-state index in [4.69, 9.17) is 0 Å². The molecule has 0 aliphatic carbocycles. The lowest BCUT2D eigenvalue weighted by atomic mass is 9.84. The fraction of sp³-hybridized carbons (Fsp3) is 0.200. The Morgan fingerprint density at radius 2 is 1.43 bits per heavy atom. The third-order valence-electron chi connectivity index (χ3n) is 3.83. The van der Waals surface area contributed by atoms with Crippen LogP contribution in [0.2, 0.25) is 0 Å². The molecule has 0 fully saturated rings. The molecule has 2 aromatic carbocycles. The zero-order valence-electron chi connectivity index (χ0n) is 13.5. The van der Waals surface area contributed by atoms with E-state index in [9.17, 15) is 0 Å². The summed E-state index contributed by atoms with van der Waals surface area (Å²) in [5.74, 6) is 0.739. The summed E-state index contributed by atoms with van der Waals surface area (Å²) in [6, 6.07) is 16.7. The molecule has 0 N–H and O–H groups in total. The minimum Gasteiger partial charge on any atom is -0.237 e.